The van der Waals surface area contributed by atoms with Crippen molar-refractivity contribution >= 4 is 11.8 Å². The van der Waals surface area contributed by atoms with Crippen molar-refractivity contribution in [3.8, 4) is 6.07 Å². The van der Waals surface area contributed by atoms with Crippen LogP contribution in [0.15, 0.2) is 11.1 Å². The van der Waals surface area contributed by atoms with Gasteiger partial charge in [0.2, 0.25) is 0 Å². The zero-order chi connectivity index (χ0) is 11.3. The van der Waals surface area contributed by atoms with E-state index in [0.717, 1.165) is 22.0 Å². The first-order chi connectivity index (χ1) is 7.22. The topological polar surface area (TPSA) is 45.9 Å². The van der Waals surface area contributed by atoms with Crippen LogP contribution in [-0.4, -0.2) is 17.8 Å². The van der Waals surface area contributed by atoms with Crippen LogP contribution < -0.4 is 0 Å². The minimum Gasteiger partial charge on any atom is -0.380 e. The molecule has 0 saturated carbocycles. The molecule has 0 spiro atoms. The molecular weight excluding hydrogens is 208 g/mol. The standard InChI is InChI=1S/C11H14N2OS/c1-4-15-11-10(6-12)9(7-14-3)5-8(2)13-11/h5H,4,7H2,1-3H3. The number of nitriles is 1. The van der Waals surface area contributed by atoms with Crippen LogP contribution in [-0.2, 0) is 11.3 Å². The summed E-state index contributed by atoms with van der Waals surface area (Å²) < 4.78 is 5.07. The quantitative estimate of drug-likeness (QED) is 0.734. The molecule has 0 unspecified atom stereocenters. The molecule has 0 bridgehead atoms. The average Bonchev–Trinajstić information content (AvgIpc) is 2.18. The summed E-state index contributed by atoms with van der Waals surface area (Å²) in [7, 11) is 1.63. The highest BCUT2D eigenvalue weighted by molar-refractivity contribution is 7.99. The summed E-state index contributed by atoms with van der Waals surface area (Å²) in [6.07, 6.45) is 0. The van der Waals surface area contributed by atoms with E-state index in [4.69, 9.17) is 10.00 Å². The number of thioether (sulfide) groups is 1. The molecule has 80 valence electrons. The Morgan fingerprint density at radius 1 is 1.60 bits per heavy atom. The number of aromatic nitrogens is 1. The van der Waals surface area contributed by atoms with E-state index in [1.165, 1.54) is 0 Å². The van der Waals surface area contributed by atoms with Crippen LogP contribution in [0.4, 0.5) is 0 Å². The Labute approximate surface area is 94.5 Å². The molecule has 4 heteroatoms. The van der Waals surface area contributed by atoms with Crippen molar-refractivity contribution in [2.45, 2.75) is 25.5 Å². The maximum atomic E-state index is 9.08. The Kier molecular flexibility index (Phi) is 4.60. The van der Waals surface area contributed by atoms with Gasteiger partial charge in [0, 0.05) is 12.8 Å². The minimum absolute atomic E-state index is 0.462. The Bertz CT molecular complexity index is 358. The Balaban J connectivity index is 3.20. The lowest BCUT2D eigenvalue weighted by molar-refractivity contribution is 0.184. The molecule has 1 heterocycles. The number of pyridine rings is 1. The maximum Gasteiger partial charge on any atom is 0.114 e. The van der Waals surface area contributed by atoms with Crippen LogP contribution in [0.5, 0.6) is 0 Å². The van der Waals surface area contributed by atoms with E-state index in [2.05, 4.69) is 11.1 Å². The average molecular weight is 222 g/mol. The minimum atomic E-state index is 0.462. The summed E-state index contributed by atoms with van der Waals surface area (Å²) in [5, 5.41) is 9.90. The molecule has 0 aliphatic carbocycles. The monoisotopic (exact) mass is 222 g/mol. The van der Waals surface area contributed by atoms with E-state index >= 15 is 0 Å². The highest BCUT2D eigenvalue weighted by atomic mass is 32.2. The summed E-state index contributed by atoms with van der Waals surface area (Å²) in [5.41, 5.74) is 2.50. The van der Waals surface area contributed by atoms with E-state index in [-0.39, 0.29) is 0 Å². The van der Waals surface area contributed by atoms with Crippen molar-refractivity contribution in [1.29, 1.82) is 5.26 Å². The molecule has 0 aliphatic rings. The van der Waals surface area contributed by atoms with Gasteiger partial charge in [0.05, 0.1) is 12.2 Å². The number of methoxy groups -OCH3 is 1. The van der Waals surface area contributed by atoms with E-state index < -0.39 is 0 Å². The predicted molar refractivity (Wildman–Crippen MR) is 60.8 cm³/mol. The molecule has 0 aromatic carbocycles. The van der Waals surface area contributed by atoms with Gasteiger partial charge in [0.1, 0.15) is 11.1 Å². The number of aryl methyl sites for hydroxylation is 1. The fourth-order valence-corrected chi connectivity index (χ4v) is 2.14. The van der Waals surface area contributed by atoms with Crippen LogP contribution in [0.2, 0.25) is 0 Å². The summed E-state index contributed by atoms with van der Waals surface area (Å²) in [5.74, 6) is 0.914. The normalized spacial score (nSPS) is 10.0. The molecule has 0 N–H and O–H groups in total. The van der Waals surface area contributed by atoms with Crippen molar-refractivity contribution in [2.75, 3.05) is 12.9 Å². The highest BCUT2D eigenvalue weighted by Gasteiger charge is 2.10. The van der Waals surface area contributed by atoms with E-state index in [1.54, 1.807) is 18.9 Å². The van der Waals surface area contributed by atoms with Crippen LogP contribution in [0, 0.1) is 18.3 Å². The molecule has 0 saturated heterocycles. The largest absolute Gasteiger partial charge is 0.380 e. The first-order valence-corrected chi connectivity index (χ1v) is 5.73. The van der Waals surface area contributed by atoms with Gasteiger partial charge in [-0.05, 0) is 24.3 Å². The number of ether oxygens (including phenoxy) is 1. The summed E-state index contributed by atoms with van der Waals surface area (Å²) in [6, 6.07) is 4.10. The molecular formula is C11H14N2OS. The van der Waals surface area contributed by atoms with Crippen molar-refractivity contribution in [3.63, 3.8) is 0 Å². The van der Waals surface area contributed by atoms with Gasteiger partial charge < -0.3 is 4.74 Å². The fraction of sp³-hybridized carbons (Fsp3) is 0.455. The molecule has 1 rings (SSSR count). The maximum absolute atomic E-state index is 9.08. The highest BCUT2D eigenvalue weighted by Crippen LogP contribution is 2.24. The first-order valence-electron chi connectivity index (χ1n) is 4.75. The van der Waals surface area contributed by atoms with Crippen molar-refractivity contribution < 1.29 is 4.74 Å². The lowest BCUT2D eigenvalue weighted by Gasteiger charge is -2.08. The molecule has 0 fully saturated rings. The summed E-state index contributed by atoms with van der Waals surface area (Å²) in [4.78, 5) is 4.36. The van der Waals surface area contributed by atoms with Crippen molar-refractivity contribution in [3.05, 3.63) is 22.9 Å². The van der Waals surface area contributed by atoms with Crippen molar-refractivity contribution in [2.24, 2.45) is 0 Å². The van der Waals surface area contributed by atoms with Gasteiger partial charge in [-0.2, -0.15) is 5.26 Å². The lowest BCUT2D eigenvalue weighted by atomic mass is 10.1. The molecule has 0 atom stereocenters. The molecule has 3 nitrogen and oxygen atoms in total. The number of hydrogen-bond acceptors (Lipinski definition) is 4. The predicted octanol–water partition coefficient (Wildman–Crippen LogP) is 2.52. The molecule has 1 aromatic heterocycles. The van der Waals surface area contributed by atoms with Gasteiger partial charge in [0.15, 0.2) is 0 Å². The molecule has 0 radical (unpaired) electrons. The van der Waals surface area contributed by atoms with Gasteiger partial charge >= 0.3 is 0 Å². The molecule has 0 amide bonds. The fourth-order valence-electron chi connectivity index (χ4n) is 1.34. The zero-order valence-corrected chi connectivity index (χ0v) is 10.0. The van der Waals surface area contributed by atoms with E-state index in [1.807, 2.05) is 19.9 Å². The molecule has 1 aromatic rings. The van der Waals surface area contributed by atoms with E-state index in [0.29, 0.717) is 12.2 Å². The number of rotatable bonds is 4. The first kappa shape index (κ1) is 12.0. The Hall–Kier alpha value is -1.05. The number of hydrogen-bond donors (Lipinski definition) is 0. The number of nitrogens with zero attached hydrogens (tertiary/aromatic N) is 2. The second-order valence-corrected chi connectivity index (χ2v) is 4.33. The van der Waals surface area contributed by atoms with Gasteiger partial charge in [-0.25, -0.2) is 4.98 Å². The van der Waals surface area contributed by atoms with Gasteiger partial charge in [-0.15, -0.1) is 11.8 Å². The molecule has 15 heavy (non-hydrogen) atoms. The second-order valence-electron chi connectivity index (χ2n) is 3.08. The Morgan fingerprint density at radius 2 is 2.33 bits per heavy atom. The van der Waals surface area contributed by atoms with Crippen LogP contribution in [0.3, 0.4) is 0 Å². The summed E-state index contributed by atoms with van der Waals surface area (Å²) in [6.45, 7) is 4.44. The Morgan fingerprint density at radius 3 is 2.87 bits per heavy atom. The SMILES string of the molecule is CCSc1nc(C)cc(COC)c1C#N. The van der Waals surface area contributed by atoms with Crippen LogP contribution in [0.25, 0.3) is 0 Å². The van der Waals surface area contributed by atoms with Crippen LogP contribution >= 0.6 is 11.8 Å². The van der Waals surface area contributed by atoms with E-state index in [9.17, 15) is 0 Å². The third-order valence-electron chi connectivity index (χ3n) is 1.89. The van der Waals surface area contributed by atoms with Crippen molar-refractivity contribution in [1.82, 2.24) is 4.98 Å². The van der Waals surface area contributed by atoms with Gasteiger partial charge in [-0.3, -0.25) is 0 Å². The zero-order valence-electron chi connectivity index (χ0n) is 9.20. The lowest BCUT2D eigenvalue weighted by Crippen LogP contribution is -1.99. The van der Waals surface area contributed by atoms with Gasteiger partial charge in [0.25, 0.3) is 0 Å². The third kappa shape index (κ3) is 2.95. The summed E-state index contributed by atoms with van der Waals surface area (Å²) >= 11 is 1.59. The second kappa shape index (κ2) is 5.74. The van der Waals surface area contributed by atoms with Gasteiger partial charge in [-0.1, -0.05) is 6.92 Å². The van der Waals surface area contributed by atoms with Crippen LogP contribution in [0.1, 0.15) is 23.7 Å². The third-order valence-corrected chi connectivity index (χ3v) is 2.75. The molecule has 0 aliphatic heterocycles. The smallest absolute Gasteiger partial charge is 0.114 e.